The van der Waals surface area contributed by atoms with Crippen LogP contribution in [-0.2, 0) is 0 Å². The summed E-state index contributed by atoms with van der Waals surface area (Å²) in [6.45, 7) is 0. The van der Waals surface area contributed by atoms with Crippen molar-refractivity contribution >= 4 is 28.9 Å². The second-order valence-electron chi connectivity index (χ2n) is 6.98. The van der Waals surface area contributed by atoms with E-state index in [1.54, 1.807) is 7.11 Å². The van der Waals surface area contributed by atoms with E-state index in [2.05, 4.69) is 5.10 Å². The third-order valence-corrected chi connectivity index (χ3v) is 5.44. The Morgan fingerprint density at radius 1 is 1.13 bits per heavy atom. The fraction of sp³-hybridized carbons (Fsp3) is 0.130. The minimum Gasteiger partial charge on any atom is -0.497 e. The molecule has 0 saturated heterocycles. The monoisotopic (exact) mass is 435 g/mol. The molecule has 1 atom stereocenters. The lowest BCUT2D eigenvalue weighted by Gasteiger charge is -2.22. The number of methoxy groups -OCH3 is 1. The molecule has 0 bridgehead atoms. The van der Waals surface area contributed by atoms with Crippen molar-refractivity contribution in [2.75, 3.05) is 7.11 Å². The molecule has 0 radical (unpaired) electrons. The van der Waals surface area contributed by atoms with Gasteiger partial charge in [0.05, 0.1) is 23.8 Å². The van der Waals surface area contributed by atoms with Crippen molar-refractivity contribution in [1.82, 2.24) is 5.01 Å². The van der Waals surface area contributed by atoms with E-state index in [-0.39, 0.29) is 22.3 Å². The molecular weight excluding hydrogens is 418 g/mol. The smallest absolute Gasteiger partial charge is 0.288 e. The van der Waals surface area contributed by atoms with Crippen molar-refractivity contribution in [1.29, 1.82) is 0 Å². The van der Waals surface area contributed by atoms with E-state index in [0.717, 1.165) is 16.8 Å². The van der Waals surface area contributed by atoms with E-state index in [4.69, 9.17) is 16.3 Å². The maximum Gasteiger partial charge on any atom is 0.288 e. The van der Waals surface area contributed by atoms with Gasteiger partial charge in [0.2, 0.25) is 0 Å². The predicted octanol–water partition coefficient (Wildman–Crippen LogP) is 5.25. The number of carbonyl (C=O) groups excluding carboxylic acids is 1. The van der Waals surface area contributed by atoms with Crippen LogP contribution < -0.4 is 4.74 Å². The highest BCUT2D eigenvalue weighted by atomic mass is 35.5. The Hall–Kier alpha value is -3.71. The largest absolute Gasteiger partial charge is 0.497 e. The highest BCUT2D eigenvalue weighted by Crippen LogP contribution is 2.35. The molecule has 31 heavy (non-hydrogen) atoms. The molecular formula is C23H18ClN3O4. The van der Waals surface area contributed by atoms with Gasteiger partial charge >= 0.3 is 0 Å². The van der Waals surface area contributed by atoms with Crippen LogP contribution in [0, 0.1) is 10.1 Å². The zero-order valence-corrected chi connectivity index (χ0v) is 17.3. The highest BCUT2D eigenvalue weighted by Gasteiger charge is 2.34. The summed E-state index contributed by atoms with van der Waals surface area (Å²) >= 11 is 5.91. The molecule has 1 aliphatic heterocycles. The van der Waals surface area contributed by atoms with Gasteiger partial charge in [-0.05, 0) is 35.4 Å². The molecule has 0 aliphatic carbocycles. The molecule has 1 heterocycles. The van der Waals surface area contributed by atoms with Gasteiger partial charge in [-0.25, -0.2) is 5.01 Å². The highest BCUT2D eigenvalue weighted by molar-refractivity contribution is 6.32. The van der Waals surface area contributed by atoms with E-state index in [0.29, 0.717) is 12.2 Å². The third-order valence-electron chi connectivity index (χ3n) is 5.12. The van der Waals surface area contributed by atoms with Crippen molar-refractivity contribution < 1.29 is 14.5 Å². The first-order valence-electron chi connectivity index (χ1n) is 9.52. The Balaban J connectivity index is 1.74. The van der Waals surface area contributed by atoms with E-state index >= 15 is 0 Å². The van der Waals surface area contributed by atoms with E-state index in [1.807, 2.05) is 54.6 Å². The van der Waals surface area contributed by atoms with E-state index < -0.39 is 10.8 Å². The summed E-state index contributed by atoms with van der Waals surface area (Å²) < 4.78 is 5.23. The van der Waals surface area contributed by atoms with Gasteiger partial charge in [-0.2, -0.15) is 5.10 Å². The molecule has 0 fully saturated rings. The van der Waals surface area contributed by atoms with Gasteiger partial charge in [0.15, 0.2) is 0 Å². The lowest BCUT2D eigenvalue weighted by Crippen LogP contribution is -2.27. The zero-order chi connectivity index (χ0) is 22.0. The third kappa shape index (κ3) is 4.13. The molecule has 3 aromatic rings. The van der Waals surface area contributed by atoms with Gasteiger partial charge in [0.1, 0.15) is 10.8 Å². The number of nitro benzene ring substituents is 1. The van der Waals surface area contributed by atoms with Gasteiger partial charge in [-0.1, -0.05) is 54.1 Å². The number of halogens is 1. The maximum absolute atomic E-state index is 13.3. The van der Waals surface area contributed by atoms with E-state index in [9.17, 15) is 14.9 Å². The molecule has 3 aromatic carbocycles. The fourth-order valence-corrected chi connectivity index (χ4v) is 3.69. The van der Waals surface area contributed by atoms with Crippen LogP contribution in [0.1, 0.15) is 33.9 Å². The van der Waals surface area contributed by atoms with E-state index in [1.165, 1.54) is 23.2 Å². The number of ether oxygens (including phenoxy) is 1. The molecule has 0 spiro atoms. The minimum absolute atomic E-state index is 0.0249. The molecule has 0 N–H and O–H groups in total. The summed E-state index contributed by atoms with van der Waals surface area (Å²) in [7, 11) is 1.59. The summed E-state index contributed by atoms with van der Waals surface area (Å²) in [4.78, 5) is 24.0. The van der Waals surface area contributed by atoms with Crippen LogP contribution in [0.25, 0.3) is 0 Å². The van der Waals surface area contributed by atoms with Crippen molar-refractivity contribution in [3.8, 4) is 5.75 Å². The lowest BCUT2D eigenvalue weighted by molar-refractivity contribution is -0.384. The number of amides is 1. The number of nitro groups is 1. The molecule has 0 aromatic heterocycles. The Morgan fingerprint density at radius 3 is 2.48 bits per heavy atom. The van der Waals surface area contributed by atoms with Crippen LogP contribution in [0.4, 0.5) is 5.69 Å². The SMILES string of the molecule is COc1ccc([C@H]2CC(c3ccccc3)=NN2C(=O)c2ccc(Cl)c([N+](=O)[O-])c2)cc1. The maximum atomic E-state index is 13.3. The summed E-state index contributed by atoms with van der Waals surface area (Å²) in [5.74, 6) is 0.267. The molecule has 8 heteroatoms. The quantitative estimate of drug-likeness (QED) is 0.404. The Morgan fingerprint density at radius 2 is 1.84 bits per heavy atom. The first-order chi connectivity index (χ1) is 15.0. The molecule has 156 valence electrons. The molecule has 0 saturated carbocycles. The number of benzene rings is 3. The molecule has 4 rings (SSSR count). The molecule has 1 aliphatic rings. The second-order valence-corrected chi connectivity index (χ2v) is 7.39. The van der Waals surface area contributed by atoms with Crippen LogP contribution in [0.5, 0.6) is 5.75 Å². The van der Waals surface area contributed by atoms with Crippen LogP contribution in [0.2, 0.25) is 5.02 Å². The van der Waals surface area contributed by atoms with Crippen LogP contribution in [-0.4, -0.2) is 28.7 Å². The molecule has 1 amide bonds. The average molecular weight is 436 g/mol. The average Bonchev–Trinajstić information content (AvgIpc) is 3.25. The van der Waals surface area contributed by atoms with Crippen molar-refractivity contribution in [2.45, 2.75) is 12.5 Å². The van der Waals surface area contributed by atoms with Gasteiger partial charge in [-0.15, -0.1) is 0 Å². The normalized spacial score (nSPS) is 15.5. The molecule has 7 nitrogen and oxygen atoms in total. The lowest BCUT2D eigenvalue weighted by atomic mass is 9.98. The predicted molar refractivity (Wildman–Crippen MR) is 118 cm³/mol. The summed E-state index contributed by atoms with van der Waals surface area (Å²) in [5, 5.41) is 17.2. The number of hydrogen-bond acceptors (Lipinski definition) is 5. The van der Waals surface area contributed by atoms with Crippen LogP contribution in [0.15, 0.2) is 77.9 Å². The van der Waals surface area contributed by atoms with Crippen molar-refractivity contribution in [3.63, 3.8) is 0 Å². The number of rotatable bonds is 5. The second kappa shape index (κ2) is 8.57. The Kier molecular flexibility index (Phi) is 5.68. The van der Waals surface area contributed by atoms with Gasteiger partial charge in [-0.3, -0.25) is 14.9 Å². The van der Waals surface area contributed by atoms with Crippen molar-refractivity contribution in [3.05, 3.63) is 105 Å². The first kappa shape index (κ1) is 20.6. The van der Waals surface area contributed by atoms with Gasteiger partial charge in [0.25, 0.3) is 11.6 Å². The molecule has 0 unspecified atom stereocenters. The fourth-order valence-electron chi connectivity index (χ4n) is 3.51. The number of hydrazone groups is 1. The first-order valence-corrected chi connectivity index (χ1v) is 9.90. The summed E-state index contributed by atoms with van der Waals surface area (Å²) in [6, 6.07) is 20.7. The zero-order valence-electron chi connectivity index (χ0n) is 16.6. The number of nitrogens with zero attached hydrogens (tertiary/aromatic N) is 3. The van der Waals surface area contributed by atoms with Crippen molar-refractivity contribution in [2.24, 2.45) is 5.10 Å². The topological polar surface area (TPSA) is 85.0 Å². The Labute approximate surface area is 183 Å². The Bertz CT molecular complexity index is 1160. The summed E-state index contributed by atoms with van der Waals surface area (Å²) in [6.07, 6.45) is 0.512. The minimum atomic E-state index is -0.608. The number of hydrogen-bond donors (Lipinski definition) is 0. The summed E-state index contributed by atoms with van der Waals surface area (Å²) in [5.41, 5.74) is 2.39. The van der Waals surface area contributed by atoms with Crippen LogP contribution in [0.3, 0.4) is 0 Å². The van der Waals surface area contributed by atoms with Gasteiger partial charge in [0, 0.05) is 18.1 Å². The van der Waals surface area contributed by atoms with Gasteiger partial charge < -0.3 is 4.74 Å². The number of carbonyl (C=O) groups is 1. The standard InChI is InChI=1S/C23H18ClN3O4/c1-31-18-10-7-16(8-11-18)21-14-20(15-5-3-2-4-6-15)25-26(21)23(28)17-9-12-19(24)22(13-17)27(29)30/h2-13,21H,14H2,1H3/t21-/m1/s1. The van der Waals surface area contributed by atoms with Crippen LogP contribution >= 0.6 is 11.6 Å².